The van der Waals surface area contributed by atoms with Crippen LogP contribution in [0, 0.1) is 0 Å². The maximum absolute atomic E-state index is 12.2. The Kier molecular flexibility index (Phi) is 7.39. The van der Waals surface area contributed by atoms with Crippen molar-refractivity contribution in [2.24, 2.45) is 0 Å². The van der Waals surface area contributed by atoms with Gasteiger partial charge in [0.2, 0.25) is 0 Å². The second-order valence-corrected chi connectivity index (χ2v) is 4.96. The van der Waals surface area contributed by atoms with E-state index >= 15 is 0 Å². The van der Waals surface area contributed by atoms with Gasteiger partial charge in [0.1, 0.15) is 0 Å². The molecule has 5 heteroatoms. The van der Waals surface area contributed by atoms with Gasteiger partial charge in [-0.1, -0.05) is 30.1 Å². The highest BCUT2D eigenvalue weighted by Crippen LogP contribution is 2.21. The van der Waals surface area contributed by atoms with Crippen LogP contribution in [0.5, 0.6) is 0 Å². The fraction of sp³-hybridized carbons (Fsp3) is 0.500. The van der Waals surface area contributed by atoms with Crippen molar-refractivity contribution in [2.75, 3.05) is 32.8 Å². The largest absolute Gasteiger partial charge is 0.380 e. The molecular formula is C14H19Cl2NO2. The van der Waals surface area contributed by atoms with Gasteiger partial charge in [-0.15, -0.1) is 0 Å². The molecule has 0 unspecified atom stereocenters. The first-order valence-corrected chi connectivity index (χ1v) is 7.12. The number of hydrogen-bond donors (Lipinski definition) is 0. The fourth-order valence-electron chi connectivity index (χ4n) is 1.69. The molecule has 0 N–H and O–H groups in total. The van der Waals surface area contributed by atoms with E-state index in [1.54, 1.807) is 18.2 Å². The number of carbonyl (C=O) groups is 1. The molecule has 0 spiro atoms. The van der Waals surface area contributed by atoms with Crippen LogP contribution in [-0.2, 0) is 4.74 Å². The zero-order chi connectivity index (χ0) is 14.3. The molecule has 1 aromatic carbocycles. The maximum Gasteiger partial charge on any atom is 0.178 e. The number of ether oxygens (including phenoxy) is 1. The molecule has 1 rings (SSSR count). The molecule has 0 heterocycles. The summed E-state index contributed by atoms with van der Waals surface area (Å²) < 4.78 is 5.30. The van der Waals surface area contributed by atoms with Gasteiger partial charge in [-0.05, 0) is 31.7 Å². The van der Waals surface area contributed by atoms with Crippen LogP contribution in [0.4, 0.5) is 0 Å². The van der Waals surface area contributed by atoms with E-state index in [0.29, 0.717) is 35.4 Å². The van der Waals surface area contributed by atoms with E-state index in [4.69, 9.17) is 27.9 Å². The van der Waals surface area contributed by atoms with Gasteiger partial charge in [-0.2, -0.15) is 0 Å². The first-order valence-electron chi connectivity index (χ1n) is 6.36. The van der Waals surface area contributed by atoms with Crippen LogP contribution in [0.25, 0.3) is 0 Å². The second-order valence-electron chi connectivity index (χ2n) is 4.11. The fourth-order valence-corrected chi connectivity index (χ4v) is 2.20. The molecule has 0 bridgehead atoms. The summed E-state index contributed by atoms with van der Waals surface area (Å²) in [4.78, 5) is 14.2. The van der Waals surface area contributed by atoms with Gasteiger partial charge < -0.3 is 4.74 Å². The molecule has 0 saturated heterocycles. The van der Waals surface area contributed by atoms with Crippen molar-refractivity contribution in [1.82, 2.24) is 4.90 Å². The van der Waals surface area contributed by atoms with Gasteiger partial charge in [0.15, 0.2) is 5.78 Å². The molecule has 0 fully saturated rings. The van der Waals surface area contributed by atoms with Crippen LogP contribution in [0.2, 0.25) is 10.0 Å². The van der Waals surface area contributed by atoms with Crippen molar-refractivity contribution in [3.05, 3.63) is 33.8 Å². The number of carbonyl (C=O) groups excluding carboxylic acids is 1. The molecule has 0 atom stereocenters. The molecule has 0 aromatic heterocycles. The van der Waals surface area contributed by atoms with Crippen LogP contribution in [0.15, 0.2) is 18.2 Å². The number of benzene rings is 1. The van der Waals surface area contributed by atoms with Crippen molar-refractivity contribution >= 4 is 29.0 Å². The molecule has 0 saturated carbocycles. The van der Waals surface area contributed by atoms with Crippen molar-refractivity contribution in [3.63, 3.8) is 0 Å². The van der Waals surface area contributed by atoms with E-state index < -0.39 is 0 Å². The van der Waals surface area contributed by atoms with Crippen molar-refractivity contribution in [3.8, 4) is 0 Å². The highest BCUT2D eigenvalue weighted by Gasteiger charge is 2.14. The molecule has 1 aromatic rings. The summed E-state index contributed by atoms with van der Waals surface area (Å²) in [5, 5.41) is 0.934. The summed E-state index contributed by atoms with van der Waals surface area (Å²) >= 11 is 11.8. The lowest BCUT2D eigenvalue weighted by Gasteiger charge is -2.19. The first kappa shape index (κ1) is 16.4. The number of hydrogen-bond acceptors (Lipinski definition) is 3. The highest BCUT2D eigenvalue weighted by molar-refractivity contribution is 6.36. The van der Waals surface area contributed by atoms with Crippen LogP contribution < -0.4 is 0 Å². The van der Waals surface area contributed by atoms with E-state index in [9.17, 15) is 4.79 Å². The van der Waals surface area contributed by atoms with E-state index in [1.165, 1.54) is 0 Å². The van der Waals surface area contributed by atoms with E-state index in [1.807, 2.05) is 18.7 Å². The van der Waals surface area contributed by atoms with Crippen LogP contribution in [-0.4, -0.2) is 43.5 Å². The van der Waals surface area contributed by atoms with Crippen molar-refractivity contribution in [2.45, 2.75) is 13.8 Å². The minimum absolute atomic E-state index is 0.0000140. The number of halogens is 2. The predicted molar refractivity (Wildman–Crippen MR) is 79.4 cm³/mol. The zero-order valence-corrected chi connectivity index (χ0v) is 12.8. The monoisotopic (exact) mass is 303 g/mol. The van der Waals surface area contributed by atoms with Crippen molar-refractivity contribution in [1.29, 1.82) is 0 Å². The average Bonchev–Trinajstić information content (AvgIpc) is 2.37. The topological polar surface area (TPSA) is 29.5 Å². The Bertz CT molecular complexity index is 424. The minimum Gasteiger partial charge on any atom is -0.380 e. The third-order valence-electron chi connectivity index (χ3n) is 2.80. The summed E-state index contributed by atoms with van der Waals surface area (Å²) in [6, 6.07) is 4.94. The molecule has 106 valence electrons. The number of nitrogens with zero attached hydrogens (tertiary/aromatic N) is 1. The Hall–Kier alpha value is -0.610. The van der Waals surface area contributed by atoms with Crippen molar-refractivity contribution < 1.29 is 9.53 Å². The van der Waals surface area contributed by atoms with Crippen LogP contribution in [0.3, 0.4) is 0 Å². The first-order chi connectivity index (χ1) is 9.08. The van der Waals surface area contributed by atoms with Gasteiger partial charge in [-0.25, -0.2) is 0 Å². The lowest BCUT2D eigenvalue weighted by atomic mass is 10.1. The minimum atomic E-state index is 0.0000140. The molecule has 3 nitrogen and oxygen atoms in total. The summed E-state index contributed by atoms with van der Waals surface area (Å²) in [5.74, 6) is 0.0000140. The number of Topliss-reactive ketones (excluding diaryl/α,β-unsaturated/α-hetero) is 1. The van der Waals surface area contributed by atoms with E-state index in [2.05, 4.69) is 0 Å². The maximum atomic E-state index is 12.2. The smallest absolute Gasteiger partial charge is 0.178 e. The average molecular weight is 304 g/mol. The second kappa shape index (κ2) is 8.54. The number of rotatable bonds is 8. The lowest BCUT2D eigenvalue weighted by molar-refractivity contribution is 0.0868. The highest BCUT2D eigenvalue weighted by atomic mass is 35.5. The van der Waals surface area contributed by atoms with E-state index in [0.717, 1.165) is 13.1 Å². The summed E-state index contributed by atoms with van der Waals surface area (Å²) in [7, 11) is 0. The van der Waals surface area contributed by atoms with Gasteiger partial charge in [0.25, 0.3) is 0 Å². The Labute approximate surface area is 124 Å². The zero-order valence-electron chi connectivity index (χ0n) is 11.3. The van der Waals surface area contributed by atoms with Gasteiger partial charge in [0, 0.05) is 23.7 Å². The summed E-state index contributed by atoms with van der Waals surface area (Å²) in [6.07, 6.45) is 0. The van der Waals surface area contributed by atoms with Gasteiger partial charge >= 0.3 is 0 Å². The molecule has 0 amide bonds. The molecule has 0 radical (unpaired) electrons. The standard InChI is InChI=1S/C14H19Cl2NO2/c1-3-17(7-8-19-4-2)10-14(18)12-6-5-11(15)9-13(12)16/h5-6,9H,3-4,7-8,10H2,1-2H3. The lowest BCUT2D eigenvalue weighted by Crippen LogP contribution is -2.32. The Morgan fingerprint density at radius 2 is 2.05 bits per heavy atom. The molecule has 19 heavy (non-hydrogen) atoms. The number of likely N-dealkylation sites (N-methyl/N-ethyl adjacent to an activating group) is 1. The van der Waals surface area contributed by atoms with Gasteiger partial charge in [-0.3, -0.25) is 9.69 Å². The summed E-state index contributed by atoms with van der Waals surface area (Å²) in [5.41, 5.74) is 0.515. The molecule has 0 aliphatic carbocycles. The quantitative estimate of drug-likeness (QED) is 0.543. The Morgan fingerprint density at radius 1 is 1.32 bits per heavy atom. The normalized spacial score (nSPS) is 11.0. The Morgan fingerprint density at radius 3 is 2.63 bits per heavy atom. The Balaban J connectivity index is 2.61. The van der Waals surface area contributed by atoms with Gasteiger partial charge in [0.05, 0.1) is 18.2 Å². The molecule has 0 aliphatic rings. The SMILES string of the molecule is CCOCCN(CC)CC(=O)c1ccc(Cl)cc1Cl. The summed E-state index contributed by atoms with van der Waals surface area (Å²) in [6.45, 7) is 7.16. The van der Waals surface area contributed by atoms with Crippen LogP contribution >= 0.6 is 23.2 Å². The molecular weight excluding hydrogens is 285 g/mol. The van der Waals surface area contributed by atoms with E-state index in [-0.39, 0.29) is 5.78 Å². The third-order valence-corrected chi connectivity index (χ3v) is 3.35. The number of ketones is 1. The third kappa shape index (κ3) is 5.49. The predicted octanol–water partition coefficient (Wildman–Crippen LogP) is 3.53. The molecule has 0 aliphatic heterocycles. The van der Waals surface area contributed by atoms with Crippen LogP contribution in [0.1, 0.15) is 24.2 Å².